The van der Waals surface area contributed by atoms with Crippen molar-refractivity contribution in [2.24, 2.45) is 0 Å². The summed E-state index contributed by atoms with van der Waals surface area (Å²) in [7, 11) is -8.04. The second-order valence-electron chi connectivity index (χ2n) is 12.2. The van der Waals surface area contributed by atoms with Gasteiger partial charge in [-0.1, -0.05) is 31.2 Å². The zero-order chi connectivity index (χ0) is 47.0. The van der Waals surface area contributed by atoms with E-state index in [9.17, 15) is 23.5 Å². The van der Waals surface area contributed by atoms with Crippen LogP contribution < -0.4 is 22.1 Å². The zero-order valence-corrected chi connectivity index (χ0v) is 37.3. The van der Waals surface area contributed by atoms with Crippen LogP contribution in [0.3, 0.4) is 0 Å². The van der Waals surface area contributed by atoms with Crippen molar-refractivity contribution < 1.29 is 70.8 Å². The molecule has 4 aromatic heterocycles. The number of nitrogens with zero attached hydrogens (tertiary/aromatic N) is 8. The quantitative estimate of drug-likeness (QED) is 0.0111. The predicted molar refractivity (Wildman–Crippen MR) is 234 cm³/mol. The molecule has 0 saturated carbocycles. The minimum absolute atomic E-state index is 0. The van der Waals surface area contributed by atoms with Crippen LogP contribution >= 0.6 is 26.8 Å². The van der Waals surface area contributed by atoms with Crippen molar-refractivity contribution in [1.82, 2.24) is 39.0 Å². The van der Waals surface area contributed by atoms with Crippen LogP contribution in [0.2, 0.25) is 0 Å². The third-order valence-electron chi connectivity index (χ3n) is 6.78. The van der Waals surface area contributed by atoms with E-state index in [4.69, 9.17) is 51.4 Å². The summed E-state index contributed by atoms with van der Waals surface area (Å²) in [5, 5.41) is 6.06. The monoisotopic (exact) mass is 968 g/mol. The Bertz CT molecular complexity index is 2180. The molecule has 0 aliphatic heterocycles. The summed E-state index contributed by atoms with van der Waals surface area (Å²) in [6.07, 6.45) is 4.44. The Morgan fingerprint density at radius 2 is 1.23 bits per heavy atom. The van der Waals surface area contributed by atoms with Gasteiger partial charge in [0, 0.05) is 40.0 Å². The smallest absolute Gasteiger partial charge is 0.438 e. The average Bonchev–Trinajstić information content (AvgIpc) is 3.79. The molecule has 4 rings (SSSR count). The van der Waals surface area contributed by atoms with E-state index in [0.29, 0.717) is 53.6 Å². The summed E-state index contributed by atoms with van der Waals surface area (Å²) in [5.74, 6) is -0.141. The number of esters is 2. The van der Waals surface area contributed by atoms with E-state index in [1.54, 1.807) is 41.5 Å². The molecule has 0 amide bonds. The maximum Gasteiger partial charge on any atom is 0.509 e. The molecule has 358 valence electrons. The van der Waals surface area contributed by atoms with E-state index in [-0.39, 0.29) is 51.3 Å². The molecule has 0 aromatic carbocycles. The Hall–Kier alpha value is -5.50. The molecule has 0 radical (unpaired) electrons. The van der Waals surface area contributed by atoms with Gasteiger partial charge in [0.15, 0.2) is 40.0 Å². The Balaban J connectivity index is 0.000000552. The molecule has 64 heavy (non-hydrogen) atoms. The first-order valence-corrected chi connectivity index (χ1v) is 22.3. The number of halogens is 1. The van der Waals surface area contributed by atoms with Crippen molar-refractivity contribution in [3.05, 3.63) is 38.0 Å². The number of fused-ring (bicyclic) bond motifs is 2. The van der Waals surface area contributed by atoms with E-state index in [1.165, 1.54) is 6.33 Å². The van der Waals surface area contributed by atoms with Gasteiger partial charge in [0.05, 0.1) is 32.0 Å². The number of nitrogens with two attached hydrogens (primary N) is 2. The number of imidazole rings is 2. The third-order valence-corrected chi connectivity index (χ3v) is 8.90. The minimum atomic E-state index is -4.16. The molecule has 0 spiro atoms. The summed E-state index contributed by atoms with van der Waals surface area (Å²) in [4.78, 5) is 74.5. The first-order chi connectivity index (χ1) is 29.8. The lowest BCUT2D eigenvalue weighted by Gasteiger charge is -2.18. The fourth-order valence-corrected chi connectivity index (χ4v) is 5.74. The van der Waals surface area contributed by atoms with Crippen molar-refractivity contribution >= 4 is 90.7 Å². The SMILES string of the molecule is C.C=CCNc1nc(N)nc2c1ncn2CCOCP(=O)(O)O.C=CCNc1nc(N)nc2c1ncn2CCOCP(=O)(OCOC(C)=O)OCOC(C)=O.CC(C)OC(=O)OCCl. The van der Waals surface area contributed by atoms with E-state index in [0.717, 1.165) is 13.8 Å². The first kappa shape index (κ1) is 56.5. The van der Waals surface area contributed by atoms with Crippen molar-refractivity contribution in [3.8, 4) is 0 Å². The van der Waals surface area contributed by atoms with Crippen molar-refractivity contribution in [3.63, 3.8) is 0 Å². The fourth-order valence-electron chi connectivity index (χ4n) is 4.28. The Labute approximate surface area is 372 Å². The normalized spacial score (nSPS) is 11.0. The Kier molecular flexibility index (Phi) is 25.6. The standard InChI is InChI=1S/C17H25N6O8P.C11H17N6O4P.C5H9ClO3.CH4/c1-4-5-19-15-14-16(22-17(18)21-15)23(8-20-14)6-7-27-11-32(26,30-9-28-12(2)24)31-10-29-13(3)25;1-2-3-13-9-8-10(16-11(12)15-9)17(6-14-8)4-5-21-7-22(18,19)20;1-4(2)9-5(7)8-3-6;/h4,8H,1,5-7,9-11H2,2-3H3,(H3,18,19,21,22);2,6H,1,3-5,7H2,(H2,18,19,20)(H3,12,13,15,16);4H,3H2,1-2H3;1H4. The van der Waals surface area contributed by atoms with Crippen LogP contribution in [0.4, 0.5) is 28.3 Å². The third kappa shape index (κ3) is 21.7. The highest BCUT2D eigenvalue weighted by Gasteiger charge is 2.27. The number of hydrogen-bond acceptors (Lipinski definition) is 23. The maximum absolute atomic E-state index is 12.7. The van der Waals surface area contributed by atoms with Gasteiger partial charge in [-0.15, -0.1) is 13.2 Å². The molecule has 0 aliphatic carbocycles. The molecule has 4 aromatic rings. The van der Waals surface area contributed by atoms with Gasteiger partial charge in [0.25, 0.3) is 0 Å². The number of anilines is 4. The summed E-state index contributed by atoms with van der Waals surface area (Å²) in [6.45, 7) is 13.6. The second kappa shape index (κ2) is 29.0. The molecule has 8 N–H and O–H groups in total. The number of ether oxygens (including phenoxy) is 6. The topological polar surface area (TPSA) is 363 Å². The van der Waals surface area contributed by atoms with Gasteiger partial charge in [-0.3, -0.25) is 27.8 Å². The Morgan fingerprint density at radius 3 is 1.61 bits per heavy atom. The van der Waals surface area contributed by atoms with Crippen molar-refractivity contribution in [1.29, 1.82) is 0 Å². The number of aromatic nitrogens is 8. The van der Waals surface area contributed by atoms with Crippen LogP contribution in [-0.2, 0) is 69.3 Å². The number of alkyl halides is 1. The molecule has 0 atom stereocenters. The van der Waals surface area contributed by atoms with Gasteiger partial charge in [0.2, 0.25) is 25.5 Å². The zero-order valence-electron chi connectivity index (χ0n) is 34.8. The van der Waals surface area contributed by atoms with Crippen LogP contribution in [0.5, 0.6) is 0 Å². The highest BCUT2D eigenvalue weighted by atomic mass is 35.5. The lowest BCUT2D eigenvalue weighted by atomic mass is 10.4. The molecule has 27 nitrogen and oxygen atoms in total. The van der Waals surface area contributed by atoms with E-state index < -0.39 is 59.6 Å². The number of nitrogen functional groups attached to an aromatic ring is 2. The predicted octanol–water partition coefficient (Wildman–Crippen LogP) is 3.79. The molecule has 4 heterocycles. The Morgan fingerprint density at radius 1 is 0.797 bits per heavy atom. The van der Waals surface area contributed by atoms with E-state index in [2.05, 4.69) is 72.6 Å². The molecule has 0 saturated heterocycles. The lowest BCUT2D eigenvalue weighted by Crippen LogP contribution is -2.13. The van der Waals surface area contributed by atoms with Crippen molar-refractivity contribution in [2.75, 3.05) is 80.8 Å². The highest BCUT2D eigenvalue weighted by molar-refractivity contribution is 7.53. The summed E-state index contributed by atoms with van der Waals surface area (Å²) in [6, 6.07) is -0.161. The number of nitrogens with one attached hydrogen (secondary N) is 2. The second-order valence-corrected chi connectivity index (χ2v) is 16.0. The van der Waals surface area contributed by atoms with Crippen LogP contribution in [0.15, 0.2) is 38.0 Å². The molecular weight excluding hydrogens is 914 g/mol. The lowest BCUT2D eigenvalue weighted by molar-refractivity contribution is -0.149. The molecule has 0 bridgehead atoms. The molecule has 0 aliphatic rings. The van der Waals surface area contributed by atoms with E-state index in [1.807, 2.05) is 0 Å². The number of carbonyl (C=O) groups excluding carboxylic acids is 3. The van der Waals surface area contributed by atoms with Gasteiger partial charge in [-0.25, -0.2) is 14.8 Å². The van der Waals surface area contributed by atoms with Gasteiger partial charge >= 0.3 is 33.3 Å². The van der Waals surface area contributed by atoms with Gasteiger partial charge in [-0.05, 0) is 13.8 Å². The largest absolute Gasteiger partial charge is 0.509 e. The van der Waals surface area contributed by atoms with Gasteiger partial charge < -0.3 is 69.4 Å². The number of rotatable bonds is 24. The molecule has 30 heteroatoms. The highest BCUT2D eigenvalue weighted by Crippen LogP contribution is 2.48. The van der Waals surface area contributed by atoms with Gasteiger partial charge in [-0.2, -0.15) is 19.9 Å². The summed E-state index contributed by atoms with van der Waals surface area (Å²) in [5.41, 5.74) is 13.5. The average molecular weight is 969 g/mol. The van der Waals surface area contributed by atoms with Crippen LogP contribution in [0.1, 0.15) is 35.1 Å². The molecule has 0 fully saturated rings. The van der Waals surface area contributed by atoms with Crippen LogP contribution in [0, 0.1) is 0 Å². The minimum Gasteiger partial charge on any atom is -0.438 e. The summed E-state index contributed by atoms with van der Waals surface area (Å²) >= 11 is 5.06. The fraction of sp³-hybridized carbons (Fsp3) is 0.500. The number of hydrogen-bond donors (Lipinski definition) is 6. The molecular formula is C34H55ClN12O15P2. The van der Waals surface area contributed by atoms with E-state index >= 15 is 0 Å². The maximum atomic E-state index is 12.7. The molecule has 0 unspecified atom stereocenters. The van der Waals surface area contributed by atoms with Gasteiger partial charge in [0.1, 0.15) is 12.7 Å². The summed E-state index contributed by atoms with van der Waals surface area (Å²) < 4.78 is 65.1. The number of carbonyl (C=O) groups is 3. The van der Waals surface area contributed by atoms with Crippen LogP contribution in [-0.4, -0.2) is 132 Å². The van der Waals surface area contributed by atoms with Crippen LogP contribution in [0.25, 0.3) is 22.3 Å². The van der Waals surface area contributed by atoms with Crippen molar-refractivity contribution in [2.45, 2.75) is 54.3 Å². The first-order valence-electron chi connectivity index (χ1n) is 18.2.